The number of morpholine rings is 1. The van der Waals surface area contributed by atoms with Crippen molar-refractivity contribution in [3.8, 4) is 0 Å². The molecule has 4 heteroatoms. The SMILES string of the molecule is CC(C)CN1CCO[C@H](COCCCNC(C)(C)C)C1. The summed E-state index contributed by atoms with van der Waals surface area (Å²) in [5.41, 5.74) is 0.198. The molecule has 0 aromatic rings. The maximum atomic E-state index is 5.77. The van der Waals surface area contributed by atoms with E-state index < -0.39 is 0 Å². The van der Waals surface area contributed by atoms with Gasteiger partial charge in [-0.2, -0.15) is 0 Å². The molecular formula is C16H34N2O2. The van der Waals surface area contributed by atoms with Gasteiger partial charge in [-0.05, 0) is 39.7 Å². The van der Waals surface area contributed by atoms with Crippen LogP contribution in [0.25, 0.3) is 0 Å². The van der Waals surface area contributed by atoms with Crippen LogP contribution in [0, 0.1) is 5.92 Å². The molecule has 20 heavy (non-hydrogen) atoms. The van der Waals surface area contributed by atoms with Gasteiger partial charge < -0.3 is 14.8 Å². The first kappa shape index (κ1) is 17.9. The van der Waals surface area contributed by atoms with Gasteiger partial charge in [0.25, 0.3) is 0 Å². The Balaban J connectivity index is 2.04. The highest BCUT2D eigenvalue weighted by atomic mass is 16.5. The summed E-state index contributed by atoms with van der Waals surface area (Å²) in [5, 5.41) is 3.47. The zero-order valence-corrected chi connectivity index (χ0v) is 14.1. The third kappa shape index (κ3) is 8.90. The van der Waals surface area contributed by atoms with Gasteiger partial charge in [0.2, 0.25) is 0 Å². The predicted octanol–water partition coefficient (Wildman–Crippen LogP) is 2.14. The van der Waals surface area contributed by atoms with E-state index in [1.165, 1.54) is 0 Å². The number of ether oxygens (including phenoxy) is 2. The molecule has 1 N–H and O–H groups in total. The Bertz CT molecular complexity index is 251. The largest absolute Gasteiger partial charge is 0.379 e. The van der Waals surface area contributed by atoms with Gasteiger partial charge in [-0.1, -0.05) is 13.8 Å². The maximum Gasteiger partial charge on any atom is 0.0935 e. The Morgan fingerprint density at radius 3 is 2.75 bits per heavy atom. The smallest absolute Gasteiger partial charge is 0.0935 e. The lowest BCUT2D eigenvalue weighted by Gasteiger charge is -2.33. The predicted molar refractivity (Wildman–Crippen MR) is 84.2 cm³/mol. The Kier molecular flexibility index (Phi) is 8.03. The number of hydrogen-bond donors (Lipinski definition) is 1. The normalized spacial score (nSPS) is 21.6. The van der Waals surface area contributed by atoms with E-state index in [9.17, 15) is 0 Å². The molecule has 0 aliphatic carbocycles. The van der Waals surface area contributed by atoms with Crippen LogP contribution in [0.15, 0.2) is 0 Å². The van der Waals surface area contributed by atoms with Crippen LogP contribution < -0.4 is 5.32 Å². The second-order valence-electron chi connectivity index (χ2n) is 7.25. The van der Waals surface area contributed by atoms with Crippen molar-refractivity contribution in [1.29, 1.82) is 0 Å². The molecule has 1 saturated heterocycles. The molecule has 0 spiro atoms. The first-order valence-corrected chi connectivity index (χ1v) is 8.03. The van der Waals surface area contributed by atoms with E-state index in [2.05, 4.69) is 44.8 Å². The van der Waals surface area contributed by atoms with E-state index in [1.807, 2.05) is 0 Å². The molecule has 1 fully saturated rings. The Morgan fingerprint density at radius 2 is 2.10 bits per heavy atom. The van der Waals surface area contributed by atoms with Gasteiger partial charge >= 0.3 is 0 Å². The van der Waals surface area contributed by atoms with Crippen LogP contribution in [-0.2, 0) is 9.47 Å². The monoisotopic (exact) mass is 286 g/mol. The molecule has 0 amide bonds. The minimum atomic E-state index is 0.198. The van der Waals surface area contributed by atoms with Gasteiger partial charge in [0, 0.05) is 31.8 Å². The lowest BCUT2D eigenvalue weighted by Crippen LogP contribution is -2.45. The fourth-order valence-corrected chi connectivity index (χ4v) is 2.42. The second kappa shape index (κ2) is 8.98. The van der Waals surface area contributed by atoms with Crippen LogP contribution in [0.4, 0.5) is 0 Å². The molecule has 1 aliphatic rings. The summed E-state index contributed by atoms with van der Waals surface area (Å²) in [5.74, 6) is 0.721. The first-order chi connectivity index (χ1) is 9.37. The average Bonchev–Trinajstić information content (AvgIpc) is 2.32. The number of hydrogen-bond acceptors (Lipinski definition) is 4. The van der Waals surface area contributed by atoms with Crippen LogP contribution in [0.1, 0.15) is 41.0 Å². The van der Waals surface area contributed by atoms with Crippen molar-refractivity contribution in [2.24, 2.45) is 5.92 Å². The minimum absolute atomic E-state index is 0.198. The fourth-order valence-electron chi connectivity index (χ4n) is 2.42. The van der Waals surface area contributed by atoms with E-state index in [-0.39, 0.29) is 11.6 Å². The van der Waals surface area contributed by atoms with Gasteiger partial charge in [0.05, 0.1) is 19.3 Å². The molecule has 1 heterocycles. The van der Waals surface area contributed by atoms with E-state index in [1.54, 1.807) is 0 Å². The summed E-state index contributed by atoms with van der Waals surface area (Å²) in [7, 11) is 0. The van der Waals surface area contributed by atoms with E-state index >= 15 is 0 Å². The van der Waals surface area contributed by atoms with E-state index in [4.69, 9.17) is 9.47 Å². The Hall–Kier alpha value is -0.160. The molecule has 4 nitrogen and oxygen atoms in total. The summed E-state index contributed by atoms with van der Waals surface area (Å²) in [6.45, 7) is 17.7. The molecule has 0 aromatic carbocycles. The van der Waals surface area contributed by atoms with Crippen molar-refractivity contribution in [3.63, 3.8) is 0 Å². The molecule has 1 aliphatic heterocycles. The zero-order chi connectivity index (χ0) is 15.0. The third-order valence-corrected chi connectivity index (χ3v) is 3.27. The lowest BCUT2D eigenvalue weighted by atomic mass is 10.1. The van der Waals surface area contributed by atoms with Crippen LogP contribution >= 0.6 is 0 Å². The molecule has 1 atom stereocenters. The molecule has 0 saturated carbocycles. The van der Waals surface area contributed by atoms with Gasteiger partial charge in [-0.15, -0.1) is 0 Å². The summed E-state index contributed by atoms with van der Waals surface area (Å²) in [6.07, 6.45) is 1.30. The molecule has 0 aromatic heterocycles. The quantitative estimate of drug-likeness (QED) is 0.693. The van der Waals surface area contributed by atoms with Gasteiger partial charge in [0.1, 0.15) is 0 Å². The highest BCUT2D eigenvalue weighted by Gasteiger charge is 2.20. The summed E-state index contributed by atoms with van der Waals surface area (Å²) in [4.78, 5) is 2.49. The van der Waals surface area contributed by atoms with Crippen molar-refractivity contribution in [1.82, 2.24) is 10.2 Å². The molecule has 0 radical (unpaired) electrons. The van der Waals surface area contributed by atoms with Gasteiger partial charge in [0.15, 0.2) is 0 Å². The van der Waals surface area contributed by atoms with E-state index in [0.29, 0.717) is 0 Å². The average molecular weight is 286 g/mol. The second-order valence-corrected chi connectivity index (χ2v) is 7.25. The summed E-state index contributed by atoms with van der Waals surface area (Å²) >= 11 is 0. The van der Waals surface area contributed by atoms with Gasteiger partial charge in [-0.3, -0.25) is 4.90 Å². The standard InChI is InChI=1S/C16H34N2O2/c1-14(2)11-18-8-10-20-15(12-18)13-19-9-6-7-17-16(3,4)5/h14-15,17H,6-13H2,1-5H3/t15-/m0/s1. The topological polar surface area (TPSA) is 33.7 Å². The van der Waals surface area contributed by atoms with Crippen LogP contribution in [-0.4, -0.2) is 62.5 Å². The lowest BCUT2D eigenvalue weighted by molar-refractivity contribution is -0.0712. The third-order valence-electron chi connectivity index (χ3n) is 3.27. The van der Waals surface area contributed by atoms with Crippen LogP contribution in [0.3, 0.4) is 0 Å². The van der Waals surface area contributed by atoms with Crippen molar-refractivity contribution in [2.75, 3.05) is 46.0 Å². The summed E-state index contributed by atoms with van der Waals surface area (Å²) in [6, 6.07) is 0. The molecule has 1 rings (SSSR count). The van der Waals surface area contributed by atoms with E-state index in [0.717, 1.165) is 58.3 Å². The zero-order valence-electron chi connectivity index (χ0n) is 14.1. The maximum absolute atomic E-state index is 5.77. The van der Waals surface area contributed by atoms with Crippen molar-refractivity contribution in [3.05, 3.63) is 0 Å². The molecule has 0 bridgehead atoms. The molecular weight excluding hydrogens is 252 g/mol. The Morgan fingerprint density at radius 1 is 1.35 bits per heavy atom. The number of nitrogens with one attached hydrogen (secondary N) is 1. The number of rotatable bonds is 8. The van der Waals surface area contributed by atoms with Crippen molar-refractivity contribution >= 4 is 0 Å². The van der Waals surface area contributed by atoms with Crippen molar-refractivity contribution in [2.45, 2.75) is 52.7 Å². The first-order valence-electron chi connectivity index (χ1n) is 8.03. The van der Waals surface area contributed by atoms with Crippen molar-refractivity contribution < 1.29 is 9.47 Å². The Labute approximate surface area is 125 Å². The van der Waals surface area contributed by atoms with Crippen LogP contribution in [0.5, 0.6) is 0 Å². The van der Waals surface area contributed by atoms with Gasteiger partial charge in [-0.25, -0.2) is 0 Å². The molecule has 0 unspecified atom stereocenters. The van der Waals surface area contributed by atoms with Crippen LogP contribution in [0.2, 0.25) is 0 Å². The highest BCUT2D eigenvalue weighted by Crippen LogP contribution is 2.08. The fraction of sp³-hybridized carbons (Fsp3) is 1.00. The minimum Gasteiger partial charge on any atom is -0.379 e. The number of nitrogens with zero attached hydrogens (tertiary/aromatic N) is 1. The summed E-state index contributed by atoms with van der Waals surface area (Å²) < 4.78 is 11.5. The highest BCUT2D eigenvalue weighted by molar-refractivity contribution is 4.72. The molecule has 120 valence electrons.